The van der Waals surface area contributed by atoms with Gasteiger partial charge in [0.15, 0.2) is 0 Å². The van der Waals surface area contributed by atoms with E-state index in [1.54, 1.807) is 0 Å². The number of primary sulfonamides is 1. The van der Waals surface area contributed by atoms with Crippen LogP contribution in [0.1, 0.15) is 30.6 Å². The van der Waals surface area contributed by atoms with Gasteiger partial charge in [0.25, 0.3) is 0 Å². The van der Waals surface area contributed by atoms with Crippen molar-refractivity contribution in [2.24, 2.45) is 11.1 Å². The van der Waals surface area contributed by atoms with Gasteiger partial charge < -0.3 is 10.0 Å². The van der Waals surface area contributed by atoms with Crippen LogP contribution in [0.25, 0.3) is 0 Å². The zero-order valence-corrected chi connectivity index (χ0v) is 12.2. The molecule has 0 bridgehead atoms. The highest BCUT2D eigenvalue weighted by molar-refractivity contribution is 7.89. The van der Waals surface area contributed by atoms with Crippen LogP contribution in [0.4, 0.5) is 5.69 Å². The number of hydrogen-bond acceptors (Lipinski definition) is 4. The topological polar surface area (TPSA) is 101 Å². The van der Waals surface area contributed by atoms with E-state index in [9.17, 15) is 18.3 Å². The highest BCUT2D eigenvalue weighted by Crippen LogP contribution is 2.32. The monoisotopic (exact) mass is 298 g/mol. The van der Waals surface area contributed by atoms with E-state index in [1.807, 2.05) is 11.8 Å². The van der Waals surface area contributed by atoms with E-state index in [-0.39, 0.29) is 16.5 Å². The maximum Gasteiger partial charge on any atom is 0.337 e. The molecule has 0 saturated carbocycles. The summed E-state index contributed by atoms with van der Waals surface area (Å²) in [5, 5.41) is 14.4. The number of benzene rings is 1. The number of nitrogens with zero attached hydrogens (tertiary/aromatic N) is 1. The van der Waals surface area contributed by atoms with E-state index in [2.05, 4.69) is 6.92 Å². The molecule has 1 saturated heterocycles. The van der Waals surface area contributed by atoms with Crippen molar-refractivity contribution >= 4 is 21.7 Å². The van der Waals surface area contributed by atoms with E-state index in [4.69, 9.17) is 5.14 Å². The van der Waals surface area contributed by atoms with Gasteiger partial charge in [-0.05, 0) is 37.5 Å². The molecule has 1 aromatic carbocycles. The molecule has 3 N–H and O–H groups in total. The Balaban J connectivity index is 2.52. The van der Waals surface area contributed by atoms with Crippen LogP contribution in [0.2, 0.25) is 0 Å². The molecule has 1 heterocycles. The average molecular weight is 298 g/mol. The summed E-state index contributed by atoms with van der Waals surface area (Å²) in [5.74, 6) is -0.679. The van der Waals surface area contributed by atoms with Gasteiger partial charge in [0.2, 0.25) is 10.0 Å². The number of aromatic carboxylic acids is 1. The number of hydrogen-bond donors (Lipinski definition) is 2. The van der Waals surface area contributed by atoms with Gasteiger partial charge in [-0.25, -0.2) is 18.4 Å². The minimum absolute atomic E-state index is 0.0301. The largest absolute Gasteiger partial charge is 0.478 e. The second-order valence-corrected chi connectivity index (χ2v) is 6.93. The highest BCUT2D eigenvalue weighted by atomic mass is 32.2. The number of carbonyl (C=O) groups is 1. The summed E-state index contributed by atoms with van der Waals surface area (Å²) in [7, 11) is -3.91. The summed E-state index contributed by atoms with van der Waals surface area (Å²) < 4.78 is 22.7. The maximum absolute atomic E-state index is 11.4. The molecule has 1 aromatic rings. The summed E-state index contributed by atoms with van der Waals surface area (Å²) >= 11 is 0. The molecule has 110 valence electrons. The van der Waals surface area contributed by atoms with Crippen molar-refractivity contribution in [3.63, 3.8) is 0 Å². The molecular formula is C13H18N2O4S. The van der Waals surface area contributed by atoms with Crippen LogP contribution in [-0.4, -0.2) is 32.1 Å². The van der Waals surface area contributed by atoms with Crippen molar-refractivity contribution in [1.82, 2.24) is 0 Å². The minimum atomic E-state index is -3.91. The number of rotatable bonds is 3. The van der Waals surface area contributed by atoms with E-state index < -0.39 is 16.0 Å². The zero-order chi connectivity index (χ0) is 15.1. The van der Waals surface area contributed by atoms with Crippen LogP contribution < -0.4 is 10.0 Å². The summed E-state index contributed by atoms with van der Waals surface area (Å²) in [6.45, 7) is 4.90. The Kier molecular flexibility index (Phi) is 3.75. The fourth-order valence-corrected chi connectivity index (χ4v) is 3.29. The lowest BCUT2D eigenvalue weighted by Gasteiger charge is -2.25. The first-order valence-corrected chi connectivity index (χ1v) is 7.91. The standard InChI is InChI=1S/C13H18N2O4S/c1-8-5-9(2)15(7-8)12-4-3-10(20(14,18)19)6-11(12)13(16)17/h3-4,6,8-9H,5,7H2,1-2H3,(H,16,17)(H2,14,18,19). The number of anilines is 1. The van der Waals surface area contributed by atoms with E-state index in [1.165, 1.54) is 12.1 Å². The van der Waals surface area contributed by atoms with Crippen LogP contribution in [0.3, 0.4) is 0 Å². The lowest BCUT2D eigenvalue weighted by molar-refractivity contribution is 0.0697. The predicted octanol–water partition coefficient (Wildman–Crippen LogP) is 1.27. The number of sulfonamides is 1. The van der Waals surface area contributed by atoms with Gasteiger partial charge >= 0.3 is 5.97 Å². The molecule has 20 heavy (non-hydrogen) atoms. The molecule has 1 aliphatic rings. The third-order valence-electron chi connectivity index (χ3n) is 3.62. The first kappa shape index (κ1) is 14.8. The van der Waals surface area contributed by atoms with E-state index in [0.717, 1.165) is 19.0 Å². The van der Waals surface area contributed by atoms with Crippen molar-refractivity contribution in [3.8, 4) is 0 Å². The van der Waals surface area contributed by atoms with Crippen LogP contribution in [0, 0.1) is 5.92 Å². The van der Waals surface area contributed by atoms with Gasteiger partial charge in [0.05, 0.1) is 16.1 Å². The molecule has 1 aliphatic heterocycles. The number of nitrogens with two attached hydrogens (primary N) is 1. The fraction of sp³-hybridized carbons (Fsp3) is 0.462. The molecule has 0 aromatic heterocycles. The molecule has 2 rings (SSSR count). The Hall–Kier alpha value is -1.60. The van der Waals surface area contributed by atoms with Crippen molar-refractivity contribution in [2.45, 2.75) is 31.2 Å². The molecule has 0 amide bonds. The Bertz CT molecular complexity index is 642. The van der Waals surface area contributed by atoms with E-state index >= 15 is 0 Å². The fourth-order valence-electron chi connectivity index (χ4n) is 2.75. The predicted molar refractivity (Wildman–Crippen MR) is 75.4 cm³/mol. The lowest BCUT2D eigenvalue weighted by Crippen LogP contribution is -2.28. The molecule has 0 aliphatic carbocycles. The van der Waals surface area contributed by atoms with Crippen LogP contribution >= 0.6 is 0 Å². The molecule has 2 atom stereocenters. The zero-order valence-electron chi connectivity index (χ0n) is 11.4. The Morgan fingerprint density at radius 1 is 1.40 bits per heavy atom. The molecule has 2 unspecified atom stereocenters. The molecule has 7 heteroatoms. The Morgan fingerprint density at radius 2 is 2.05 bits per heavy atom. The van der Waals surface area contributed by atoms with Gasteiger partial charge in [0.1, 0.15) is 0 Å². The normalized spacial score (nSPS) is 23.1. The lowest BCUT2D eigenvalue weighted by atomic mass is 10.1. The molecule has 6 nitrogen and oxygen atoms in total. The van der Waals surface area contributed by atoms with Crippen molar-refractivity contribution in [2.75, 3.05) is 11.4 Å². The van der Waals surface area contributed by atoms with Gasteiger partial charge in [-0.2, -0.15) is 0 Å². The molecule has 0 spiro atoms. The first-order valence-electron chi connectivity index (χ1n) is 6.37. The van der Waals surface area contributed by atoms with Crippen molar-refractivity contribution in [3.05, 3.63) is 23.8 Å². The number of carboxylic acid groups (broad SMARTS) is 1. The first-order chi connectivity index (χ1) is 9.20. The third-order valence-corrected chi connectivity index (χ3v) is 4.53. The van der Waals surface area contributed by atoms with Gasteiger partial charge in [0, 0.05) is 12.6 Å². The van der Waals surface area contributed by atoms with Gasteiger partial charge in [-0.1, -0.05) is 6.92 Å². The van der Waals surface area contributed by atoms with Crippen molar-refractivity contribution < 1.29 is 18.3 Å². The summed E-state index contributed by atoms with van der Waals surface area (Å²) in [6, 6.07) is 4.23. The quantitative estimate of drug-likeness (QED) is 0.875. The second-order valence-electron chi connectivity index (χ2n) is 5.37. The second kappa shape index (κ2) is 5.06. The van der Waals surface area contributed by atoms with Crippen LogP contribution in [0.15, 0.2) is 23.1 Å². The summed E-state index contributed by atoms with van der Waals surface area (Å²) in [5.41, 5.74) is 0.513. The smallest absolute Gasteiger partial charge is 0.337 e. The number of carboxylic acids is 1. The van der Waals surface area contributed by atoms with Crippen LogP contribution in [0.5, 0.6) is 0 Å². The SMILES string of the molecule is CC1CC(C)N(c2ccc(S(N)(=O)=O)cc2C(=O)O)C1. The van der Waals surface area contributed by atoms with Crippen LogP contribution in [-0.2, 0) is 10.0 Å². The van der Waals surface area contributed by atoms with Crippen molar-refractivity contribution in [1.29, 1.82) is 0 Å². The highest BCUT2D eigenvalue weighted by Gasteiger charge is 2.29. The average Bonchev–Trinajstić information content (AvgIpc) is 2.66. The summed E-state index contributed by atoms with van der Waals surface area (Å²) in [6.07, 6.45) is 0.982. The Morgan fingerprint density at radius 3 is 2.50 bits per heavy atom. The molecule has 0 radical (unpaired) electrons. The van der Waals surface area contributed by atoms with Gasteiger partial charge in [-0.3, -0.25) is 0 Å². The minimum Gasteiger partial charge on any atom is -0.478 e. The molecular weight excluding hydrogens is 280 g/mol. The summed E-state index contributed by atoms with van der Waals surface area (Å²) in [4.78, 5) is 13.2. The van der Waals surface area contributed by atoms with Gasteiger partial charge in [-0.15, -0.1) is 0 Å². The maximum atomic E-state index is 11.4. The van der Waals surface area contributed by atoms with E-state index in [0.29, 0.717) is 11.6 Å². The third kappa shape index (κ3) is 2.78. The Labute approximate surface area is 118 Å². The molecule has 1 fully saturated rings.